The van der Waals surface area contributed by atoms with Crippen LogP contribution in [-0.4, -0.2) is 38.0 Å². The number of hydrogen-bond donors (Lipinski definition) is 2. The monoisotopic (exact) mass is 435 g/mol. The van der Waals surface area contributed by atoms with Gasteiger partial charge in [0, 0.05) is 6.54 Å². The zero-order chi connectivity index (χ0) is 21.8. The molecular weight excluding hydrogens is 414 g/mol. The Morgan fingerprint density at radius 2 is 1.94 bits per heavy atom. The highest BCUT2D eigenvalue weighted by Gasteiger charge is 2.18. The summed E-state index contributed by atoms with van der Waals surface area (Å²) >= 11 is 1.19. The topological polar surface area (TPSA) is 102 Å². The van der Waals surface area contributed by atoms with E-state index in [4.69, 9.17) is 4.74 Å². The summed E-state index contributed by atoms with van der Waals surface area (Å²) in [5, 5.41) is 7.50. The van der Waals surface area contributed by atoms with Crippen molar-refractivity contribution in [3.05, 3.63) is 76.7 Å². The van der Waals surface area contributed by atoms with Gasteiger partial charge in [-0.3, -0.25) is 9.59 Å². The molecule has 0 bridgehead atoms. The van der Waals surface area contributed by atoms with Gasteiger partial charge in [-0.25, -0.2) is 9.67 Å². The van der Waals surface area contributed by atoms with E-state index in [0.717, 1.165) is 17.0 Å². The molecule has 0 aliphatic rings. The molecule has 0 aliphatic carbocycles. The van der Waals surface area contributed by atoms with Gasteiger partial charge in [-0.15, -0.1) is 0 Å². The first kappa shape index (κ1) is 20.7. The molecule has 0 saturated carbocycles. The fourth-order valence-corrected chi connectivity index (χ4v) is 3.83. The largest absolute Gasteiger partial charge is 0.497 e. The van der Waals surface area contributed by atoms with Crippen molar-refractivity contribution in [1.29, 1.82) is 0 Å². The zero-order valence-corrected chi connectivity index (χ0v) is 17.8. The summed E-state index contributed by atoms with van der Waals surface area (Å²) < 4.78 is 6.75. The molecule has 4 aromatic rings. The molecule has 1 unspecified atom stereocenters. The lowest BCUT2D eigenvalue weighted by Crippen LogP contribution is -2.30. The molecule has 2 heterocycles. The van der Waals surface area contributed by atoms with E-state index in [1.807, 2.05) is 54.6 Å². The molecule has 2 aromatic carbocycles. The number of H-pyrrole nitrogens is 1. The Morgan fingerprint density at radius 1 is 1.19 bits per heavy atom. The molecule has 158 valence electrons. The summed E-state index contributed by atoms with van der Waals surface area (Å²) in [6.07, 6.45) is 1.49. The van der Waals surface area contributed by atoms with Crippen LogP contribution in [0.3, 0.4) is 0 Å². The summed E-state index contributed by atoms with van der Waals surface area (Å²) in [6, 6.07) is 16.9. The molecule has 0 radical (unpaired) electrons. The number of fused-ring (bicyclic) bond motifs is 1. The third-order valence-electron chi connectivity index (χ3n) is 4.70. The molecule has 0 saturated heterocycles. The number of aromatic nitrogens is 4. The van der Waals surface area contributed by atoms with Gasteiger partial charge in [-0.2, -0.15) is 5.10 Å². The number of nitrogens with one attached hydrogen (secondary N) is 2. The normalized spacial score (nSPS) is 11.9. The number of aromatic amines is 1. The number of amides is 1. The number of para-hydroxylation sites is 1. The summed E-state index contributed by atoms with van der Waals surface area (Å²) in [7, 11) is 1.61. The molecule has 0 fully saturated rings. The first-order valence-corrected chi connectivity index (χ1v) is 10.5. The highest BCUT2D eigenvalue weighted by Crippen LogP contribution is 2.21. The first-order valence-electron chi connectivity index (χ1n) is 9.66. The average molecular weight is 436 g/mol. The molecule has 31 heavy (non-hydrogen) atoms. The minimum absolute atomic E-state index is 0.153. The van der Waals surface area contributed by atoms with Gasteiger partial charge in [0.2, 0.25) is 5.91 Å². The second-order valence-electron chi connectivity index (χ2n) is 6.83. The number of carbonyl (C=O) groups excluding carboxylic acids is 1. The molecule has 1 amide bonds. The number of methoxy groups -OCH3 is 1. The van der Waals surface area contributed by atoms with Crippen LogP contribution in [0.2, 0.25) is 0 Å². The Hall–Kier alpha value is -3.59. The third-order valence-corrected chi connectivity index (χ3v) is 5.68. The number of ether oxygens (including phenoxy) is 1. The summed E-state index contributed by atoms with van der Waals surface area (Å²) in [5.74, 6) is 0.610. The molecule has 0 aliphatic heterocycles. The van der Waals surface area contributed by atoms with E-state index in [1.54, 1.807) is 18.7 Å². The minimum atomic E-state index is -0.452. The lowest BCUT2D eigenvalue weighted by molar-refractivity contribution is -0.120. The number of benzene rings is 2. The second-order valence-corrected chi connectivity index (χ2v) is 8.16. The van der Waals surface area contributed by atoms with Crippen LogP contribution >= 0.6 is 11.8 Å². The van der Waals surface area contributed by atoms with Gasteiger partial charge in [0.15, 0.2) is 10.8 Å². The molecular formula is C22H21N5O3S. The van der Waals surface area contributed by atoms with Crippen LogP contribution in [-0.2, 0) is 11.3 Å². The lowest BCUT2D eigenvalue weighted by atomic mass is 10.2. The minimum Gasteiger partial charge on any atom is -0.497 e. The SMILES string of the molecule is COc1ccc(CNC(=O)C(C)Sc2nc3c(cnn3-c3ccccc3)c(=O)[nH]2)cc1. The van der Waals surface area contributed by atoms with Gasteiger partial charge in [-0.05, 0) is 36.8 Å². The number of nitrogens with zero attached hydrogens (tertiary/aromatic N) is 3. The van der Waals surface area contributed by atoms with Gasteiger partial charge >= 0.3 is 0 Å². The van der Waals surface area contributed by atoms with Crippen molar-refractivity contribution >= 4 is 28.7 Å². The number of carbonyl (C=O) groups is 1. The van der Waals surface area contributed by atoms with Gasteiger partial charge in [0.1, 0.15) is 11.1 Å². The molecule has 4 rings (SSSR count). The molecule has 8 nitrogen and oxygen atoms in total. The highest BCUT2D eigenvalue weighted by atomic mass is 32.2. The predicted octanol–water partition coefficient (Wildman–Crippen LogP) is 2.91. The van der Waals surface area contributed by atoms with Crippen molar-refractivity contribution in [1.82, 2.24) is 25.1 Å². The van der Waals surface area contributed by atoms with Gasteiger partial charge in [-0.1, -0.05) is 42.1 Å². The van der Waals surface area contributed by atoms with Crippen LogP contribution in [0.5, 0.6) is 5.75 Å². The number of rotatable bonds is 7. The Kier molecular flexibility index (Phi) is 6.03. The van der Waals surface area contributed by atoms with E-state index >= 15 is 0 Å². The average Bonchev–Trinajstić information content (AvgIpc) is 3.23. The van der Waals surface area contributed by atoms with Crippen LogP contribution in [0.1, 0.15) is 12.5 Å². The van der Waals surface area contributed by atoms with Crippen LogP contribution in [0.25, 0.3) is 16.7 Å². The van der Waals surface area contributed by atoms with Crippen LogP contribution < -0.4 is 15.6 Å². The number of thioether (sulfide) groups is 1. The van der Waals surface area contributed by atoms with E-state index < -0.39 is 5.25 Å². The standard InChI is InChI=1S/C22H21N5O3S/c1-14(20(28)23-12-15-8-10-17(30-2)11-9-15)31-22-25-19-18(21(29)26-22)13-24-27(19)16-6-4-3-5-7-16/h3-11,13-14H,12H2,1-2H3,(H,23,28)(H,25,26,29). The molecule has 0 spiro atoms. The van der Waals surface area contributed by atoms with Crippen molar-refractivity contribution in [2.24, 2.45) is 0 Å². The van der Waals surface area contributed by atoms with Crippen molar-refractivity contribution in [3.63, 3.8) is 0 Å². The lowest BCUT2D eigenvalue weighted by Gasteiger charge is -2.12. The van der Waals surface area contributed by atoms with E-state index in [0.29, 0.717) is 22.7 Å². The molecule has 9 heteroatoms. The third kappa shape index (κ3) is 4.61. The van der Waals surface area contributed by atoms with Crippen LogP contribution in [0.4, 0.5) is 0 Å². The van der Waals surface area contributed by atoms with Gasteiger partial charge in [0.25, 0.3) is 5.56 Å². The summed E-state index contributed by atoms with van der Waals surface area (Å²) in [4.78, 5) is 32.3. The summed E-state index contributed by atoms with van der Waals surface area (Å²) in [5.41, 5.74) is 1.92. The Morgan fingerprint density at radius 3 is 2.65 bits per heavy atom. The quantitative estimate of drug-likeness (QED) is 0.342. The number of hydrogen-bond acceptors (Lipinski definition) is 6. The smallest absolute Gasteiger partial charge is 0.262 e. The van der Waals surface area contributed by atoms with Gasteiger partial charge in [0.05, 0.1) is 24.2 Å². The Bertz CT molecular complexity index is 1250. The molecule has 2 aromatic heterocycles. The van der Waals surface area contributed by atoms with Crippen LogP contribution in [0.15, 0.2) is 70.7 Å². The maximum Gasteiger partial charge on any atom is 0.262 e. The maximum absolute atomic E-state index is 12.5. The second kappa shape index (κ2) is 9.05. The zero-order valence-electron chi connectivity index (χ0n) is 17.0. The molecule has 1 atom stereocenters. The van der Waals surface area contributed by atoms with Gasteiger partial charge < -0.3 is 15.0 Å². The Labute approximate surface area is 182 Å². The fourth-order valence-electron chi connectivity index (χ4n) is 3.01. The van der Waals surface area contributed by atoms with E-state index in [9.17, 15) is 9.59 Å². The molecule has 2 N–H and O–H groups in total. The van der Waals surface area contributed by atoms with E-state index in [2.05, 4.69) is 20.4 Å². The summed E-state index contributed by atoms with van der Waals surface area (Å²) in [6.45, 7) is 2.17. The highest BCUT2D eigenvalue weighted by molar-refractivity contribution is 8.00. The van der Waals surface area contributed by atoms with Crippen molar-refractivity contribution < 1.29 is 9.53 Å². The van der Waals surface area contributed by atoms with Crippen molar-refractivity contribution in [2.45, 2.75) is 23.9 Å². The van der Waals surface area contributed by atoms with Crippen LogP contribution in [0, 0.1) is 0 Å². The first-order chi connectivity index (χ1) is 15.0. The fraction of sp³-hybridized carbons (Fsp3) is 0.182. The van der Waals surface area contributed by atoms with Crippen molar-refractivity contribution in [3.8, 4) is 11.4 Å². The Balaban J connectivity index is 1.48. The maximum atomic E-state index is 12.5. The van der Waals surface area contributed by atoms with E-state index in [1.165, 1.54) is 18.0 Å². The van der Waals surface area contributed by atoms with Crippen molar-refractivity contribution in [2.75, 3.05) is 7.11 Å². The predicted molar refractivity (Wildman–Crippen MR) is 120 cm³/mol. The van der Waals surface area contributed by atoms with E-state index in [-0.39, 0.29) is 11.5 Å².